The minimum absolute atomic E-state index is 0.0152. The van der Waals surface area contributed by atoms with E-state index in [4.69, 9.17) is 0 Å². The Hall–Kier alpha value is -1.91. The molecule has 6 rings (SSSR count). The Balaban J connectivity index is 1.15. The Morgan fingerprint density at radius 3 is 2.07 bits per heavy atom. The first-order valence-corrected chi connectivity index (χ1v) is 11.8. The van der Waals surface area contributed by atoms with E-state index in [2.05, 4.69) is 12.2 Å². The van der Waals surface area contributed by atoms with Crippen molar-refractivity contribution in [2.24, 2.45) is 29.1 Å². The van der Waals surface area contributed by atoms with Gasteiger partial charge >= 0.3 is 0 Å². The molecule has 0 aromatic heterocycles. The molecule has 4 saturated carbocycles. The molecule has 1 aromatic carbocycles. The lowest BCUT2D eigenvalue weighted by molar-refractivity contribution is -0.131. The lowest BCUT2D eigenvalue weighted by Gasteiger charge is -2.59. The van der Waals surface area contributed by atoms with Gasteiger partial charge in [-0.3, -0.25) is 9.59 Å². The van der Waals surface area contributed by atoms with Gasteiger partial charge in [0.25, 0.3) is 5.91 Å². The molecule has 0 unspecified atom stereocenters. The summed E-state index contributed by atoms with van der Waals surface area (Å²) >= 11 is 0. The third-order valence-corrected chi connectivity index (χ3v) is 8.61. The van der Waals surface area contributed by atoms with Crippen LogP contribution in [0.2, 0.25) is 0 Å². The van der Waals surface area contributed by atoms with Crippen LogP contribution in [0.3, 0.4) is 0 Å². The number of likely N-dealkylation sites (tertiary alicyclic amines) is 1. The highest BCUT2D eigenvalue weighted by Gasteiger charge is 2.53. The summed E-state index contributed by atoms with van der Waals surface area (Å²) in [4.78, 5) is 27.4. The van der Waals surface area contributed by atoms with Crippen LogP contribution in [0.4, 0.5) is 4.39 Å². The first-order chi connectivity index (χ1) is 14.4. The van der Waals surface area contributed by atoms with Crippen molar-refractivity contribution < 1.29 is 14.0 Å². The van der Waals surface area contributed by atoms with Crippen LogP contribution in [-0.2, 0) is 4.79 Å². The van der Waals surface area contributed by atoms with E-state index in [0.717, 1.165) is 17.8 Å². The molecule has 5 fully saturated rings. The number of halogens is 1. The number of rotatable bonds is 4. The molecule has 0 radical (unpaired) electrons. The monoisotopic (exact) mass is 412 g/mol. The van der Waals surface area contributed by atoms with E-state index in [1.165, 1.54) is 62.8 Å². The molecule has 1 saturated heterocycles. The summed E-state index contributed by atoms with van der Waals surface area (Å²) in [7, 11) is 0. The Labute approximate surface area is 178 Å². The molecule has 1 aliphatic heterocycles. The Bertz CT molecular complexity index is 778. The van der Waals surface area contributed by atoms with Crippen LogP contribution in [0.5, 0.6) is 0 Å². The zero-order chi connectivity index (χ0) is 20.9. The molecule has 4 nitrogen and oxygen atoms in total. The summed E-state index contributed by atoms with van der Waals surface area (Å²) in [5, 5.41) is 3.40. The maximum atomic E-state index is 13.1. The first-order valence-electron chi connectivity index (χ1n) is 11.8. The predicted molar refractivity (Wildman–Crippen MR) is 113 cm³/mol. The van der Waals surface area contributed by atoms with Gasteiger partial charge in [-0.25, -0.2) is 4.39 Å². The molecule has 162 valence electrons. The Morgan fingerprint density at radius 2 is 1.53 bits per heavy atom. The molecule has 5 heteroatoms. The standard InChI is InChI=1S/C25H33FN2O2/c1-16(25-13-17-10-18(14-25)12-19(11-17)15-25)27-23(29)20-6-8-28(9-7-20)24(30)21-2-4-22(26)5-3-21/h2-5,16-20H,6-15H2,1H3,(H,27,29)/t16-,17?,18?,19?,25?/m0/s1. The van der Waals surface area contributed by atoms with Crippen LogP contribution in [0, 0.1) is 34.9 Å². The summed E-state index contributed by atoms with van der Waals surface area (Å²) in [5.41, 5.74) is 0.832. The number of amides is 2. The molecule has 1 atom stereocenters. The van der Waals surface area contributed by atoms with Gasteiger partial charge in [0, 0.05) is 30.6 Å². The fourth-order valence-electron chi connectivity index (χ4n) is 7.31. The van der Waals surface area contributed by atoms with Gasteiger partial charge < -0.3 is 10.2 Å². The topological polar surface area (TPSA) is 49.4 Å². The van der Waals surface area contributed by atoms with Crippen molar-refractivity contribution in [3.05, 3.63) is 35.6 Å². The Kier molecular flexibility index (Phi) is 5.11. The predicted octanol–water partition coefficient (Wildman–Crippen LogP) is 4.40. The van der Waals surface area contributed by atoms with E-state index in [1.54, 1.807) is 4.90 Å². The third-order valence-electron chi connectivity index (χ3n) is 8.61. The van der Waals surface area contributed by atoms with Crippen molar-refractivity contribution in [3.8, 4) is 0 Å². The summed E-state index contributed by atoms with van der Waals surface area (Å²) < 4.78 is 13.1. The van der Waals surface area contributed by atoms with Gasteiger partial charge in [-0.05, 0) is 106 Å². The normalized spacial score (nSPS) is 34.1. The zero-order valence-corrected chi connectivity index (χ0v) is 17.9. The summed E-state index contributed by atoms with van der Waals surface area (Å²) in [6, 6.07) is 5.95. The van der Waals surface area contributed by atoms with Gasteiger partial charge in [0.2, 0.25) is 5.91 Å². The van der Waals surface area contributed by atoms with Crippen LogP contribution in [-0.4, -0.2) is 35.8 Å². The summed E-state index contributed by atoms with van der Waals surface area (Å²) in [6.45, 7) is 3.40. The SMILES string of the molecule is C[C@H](NC(=O)C1CCN(C(=O)c2ccc(F)cc2)CC1)C12CC3CC(CC(C3)C1)C2. The second kappa shape index (κ2) is 7.65. The summed E-state index contributed by atoms with van der Waals surface area (Å²) in [5.74, 6) is 2.40. The van der Waals surface area contributed by atoms with Gasteiger partial charge in [-0.15, -0.1) is 0 Å². The average Bonchev–Trinajstić information content (AvgIpc) is 2.73. The highest BCUT2D eigenvalue weighted by Crippen LogP contribution is 2.61. The molecule has 4 bridgehead atoms. The van der Waals surface area contributed by atoms with Crippen molar-refractivity contribution in [1.82, 2.24) is 10.2 Å². The first kappa shape index (κ1) is 20.0. The maximum absolute atomic E-state index is 13.1. The van der Waals surface area contributed by atoms with Gasteiger partial charge in [0.15, 0.2) is 0 Å². The van der Waals surface area contributed by atoms with Gasteiger partial charge in [-0.1, -0.05) is 0 Å². The number of hydrogen-bond acceptors (Lipinski definition) is 2. The quantitative estimate of drug-likeness (QED) is 0.797. The van der Waals surface area contributed by atoms with Crippen molar-refractivity contribution in [2.75, 3.05) is 13.1 Å². The van der Waals surface area contributed by atoms with Gasteiger partial charge in [-0.2, -0.15) is 0 Å². The number of nitrogens with zero attached hydrogens (tertiary/aromatic N) is 1. The molecule has 2 amide bonds. The minimum Gasteiger partial charge on any atom is -0.353 e. The highest BCUT2D eigenvalue weighted by molar-refractivity contribution is 5.94. The van der Waals surface area contributed by atoms with Crippen LogP contribution in [0.15, 0.2) is 24.3 Å². The lowest BCUT2D eigenvalue weighted by atomic mass is 9.48. The van der Waals surface area contributed by atoms with Crippen LogP contribution >= 0.6 is 0 Å². The van der Waals surface area contributed by atoms with E-state index in [9.17, 15) is 14.0 Å². The zero-order valence-electron chi connectivity index (χ0n) is 17.9. The maximum Gasteiger partial charge on any atom is 0.253 e. The van der Waals surface area contributed by atoms with E-state index in [-0.39, 0.29) is 29.6 Å². The minimum atomic E-state index is -0.338. The van der Waals surface area contributed by atoms with Crippen LogP contribution in [0.25, 0.3) is 0 Å². The molecule has 1 heterocycles. The van der Waals surface area contributed by atoms with E-state index < -0.39 is 0 Å². The van der Waals surface area contributed by atoms with E-state index in [1.807, 2.05) is 0 Å². The number of carbonyl (C=O) groups is 2. The van der Waals surface area contributed by atoms with Crippen molar-refractivity contribution in [1.29, 1.82) is 0 Å². The van der Waals surface area contributed by atoms with Gasteiger partial charge in [0.1, 0.15) is 5.82 Å². The van der Waals surface area contributed by atoms with E-state index >= 15 is 0 Å². The van der Waals surface area contributed by atoms with Crippen LogP contribution < -0.4 is 5.32 Å². The number of nitrogens with one attached hydrogen (secondary N) is 1. The highest BCUT2D eigenvalue weighted by atomic mass is 19.1. The second-order valence-corrected chi connectivity index (χ2v) is 10.6. The van der Waals surface area contributed by atoms with Crippen molar-refractivity contribution in [2.45, 2.75) is 64.3 Å². The fourth-order valence-corrected chi connectivity index (χ4v) is 7.31. The molecular weight excluding hydrogens is 379 g/mol. The molecule has 0 spiro atoms. The molecule has 4 aliphatic carbocycles. The number of benzene rings is 1. The van der Waals surface area contributed by atoms with Gasteiger partial charge in [0.05, 0.1) is 0 Å². The molecule has 1 aromatic rings. The number of carbonyl (C=O) groups excluding carboxylic acids is 2. The molecular formula is C25H33FN2O2. The molecule has 30 heavy (non-hydrogen) atoms. The number of piperidine rings is 1. The average molecular weight is 413 g/mol. The fraction of sp³-hybridized carbons (Fsp3) is 0.680. The third kappa shape index (κ3) is 3.65. The number of hydrogen-bond donors (Lipinski definition) is 1. The lowest BCUT2D eigenvalue weighted by Crippen LogP contribution is -2.56. The Morgan fingerprint density at radius 1 is 1.00 bits per heavy atom. The molecule has 5 aliphatic rings. The van der Waals surface area contributed by atoms with Crippen LogP contribution in [0.1, 0.15) is 68.6 Å². The van der Waals surface area contributed by atoms with Crippen molar-refractivity contribution in [3.63, 3.8) is 0 Å². The largest absolute Gasteiger partial charge is 0.353 e. The van der Waals surface area contributed by atoms with E-state index in [0.29, 0.717) is 36.9 Å². The summed E-state index contributed by atoms with van der Waals surface area (Å²) in [6.07, 6.45) is 9.54. The van der Waals surface area contributed by atoms with Crippen molar-refractivity contribution >= 4 is 11.8 Å². The smallest absolute Gasteiger partial charge is 0.253 e. The second-order valence-electron chi connectivity index (χ2n) is 10.6. The molecule has 1 N–H and O–H groups in total.